The van der Waals surface area contributed by atoms with Crippen LogP contribution in [0.1, 0.15) is 43.5 Å². The summed E-state index contributed by atoms with van der Waals surface area (Å²) in [4.78, 5) is 31.8. The minimum atomic E-state index is -0.438. The van der Waals surface area contributed by atoms with Crippen LogP contribution < -0.4 is 10.1 Å². The standard InChI is InChI=1S/C20H25N3O3S/c1-4-5-10-23-17(24)11-16(19(25)22-20-21-13(2)12-27-20)18(23)14-6-8-15(26-3)9-7-14/h6-9,12,16,18H,4-5,10-11H2,1-3H3,(H,21,22,25). The minimum absolute atomic E-state index is 0.0275. The second-order valence-electron chi connectivity index (χ2n) is 6.75. The van der Waals surface area contributed by atoms with Crippen LogP contribution in [0.25, 0.3) is 0 Å². The first-order valence-electron chi connectivity index (χ1n) is 9.20. The number of rotatable bonds is 7. The molecule has 1 N–H and O–H groups in total. The van der Waals surface area contributed by atoms with Crippen LogP contribution in [0.4, 0.5) is 5.13 Å². The monoisotopic (exact) mass is 387 g/mol. The molecule has 27 heavy (non-hydrogen) atoms. The Hall–Kier alpha value is -2.41. The number of benzene rings is 1. The molecule has 0 saturated carbocycles. The third-order valence-corrected chi connectivity index (χ3v) is 5.70. The van der Waals surface area contributed by atoms with Crippen molar-refractivity contribution in [2.45, 2.75) is 39.2 Å². The van der Waals surface area contributed by atoms with E-state index in [2.05, 4.69) is 17.2 Å². The Morgan fingerprint density at radius 2 is 2.11 bits per heavy atom. The first-order chi connectivity index (χ1) is 13.0. The van der Waals surface area contributed by atoms with Crippen molar-refractivity contribution < 1.29 is 14.3 Å². The number of carbonyl (C=O) groups is 2. The maximum absolute atomic E-state index is 12.9. The van der Waals surface area contributed by atoms with E-state index in [-0.39, 0.29) is 24.3 Å². The third-order valence-electron chi connectivity index (χ3n) is 4.83. The second kappa shape index (κ2) is 8.52. The Bertz CT molecular complexity index is 803. The smallest absolute Gasteiger partial charge is 0.232 e. The van der Waals surface area contributed by atoms with Crippen LogP contribution in [-0.2, 0) is 9.59 Å². The van der Waals surface area contributed by atoms with E-state index in [1.165, 1.54) is 11.3 Å². The molecule has 144 valence electrons. The molecule has 2 heterocycles. The lowest BCUT2D eigenvalue weighted by Crippen LogP contribution is -2.33. The highest BCUT2D eigenvalue weighted by atomic mass is 32.1. The number of hydrogen-bond donors (Lipinski definition) is 1. The van der Waals surface area contributed by atoms with Gasteiger partial charge in [0.15, 0.2) is 5.13 Å². The number of methoxy groups -OCH3 is 1. The molecule has 2 amide bonds. The second-order valence-corrected chi connectivity index (χ2v) is 7.61. The molecule has 0 radical (unpaired) electrons. The maximum atomic E-state index is 12.9. The number of hydrogen-bond acceptors (Lipinski definition) is 5. The van der Waals surface area contributed by atoms with Crippen LogP contribution >= 0.6 is 11.3 Å². The Morgan fingerprint density at radius 1 is 1.37 bits per heavy atom. The summed E-state index contributed by atoms with van der Waals surface area (Å²) in [7, 11) is 1.62. The molecule has 3 rings (SSSR count). The van der Waals surface area contributed by atoms with E-state index in [9.17, 15) is 9.59 Å². The van der Waals surface area contributed by atoms with Crippen molar-refractivity contribution in [3.8, 4) is 5.75 Å². The largest absolute Gasteiger partial charge is 0.497 e. The Morgan fingerprint density at radius 3 is 2.70 bits per heavy atom. The summed E-state index contributed by atoms with van der Waals surface area (Å²) in [6, 6.07) is 7.35. The van der Waals surface area contributed by atoms with Crippen LogP contribution in [0, 0.1) is 12.8 Å². The van der Waals surface area contributed by atoms with E-state index in [1.807, 2.05) is 41.5 Å². The van der Waals surface area contributed by atoms with Gasteiger partial charge in [-0.1, -0.05) is 25.5 Å². The quantitative estimate of drug-likeness (QED) is 0.785. The Labute approximate surface area is 163 Å². The van der Waals surface area contributed by atoms with E-state index < -0.39 is 5.92 Å². The number of ether oxygens (including phenoxy) is 1. The van der Waals surface area contributed by atoms with Gasteiger partial charge in [-0.25, -0.2) is 4.98 Å². The SMILES string of the molecule is CCCCN1C(=O)CC(C(=O)Nc2nc(C)cs2)C1c1ccc(OC)cc1. The average molecular weight is 388 g/mol. The van der Waals surface area contributed by atoms with Crippen molar-refractivity contribution in [2.75, 3.05) is 19.0 Å². The minimum Gasteiger partial charge on any atom is -0.497 e. The molecule has 0 bridgehead atoms. The lowest BCUT2D eigenvalue weighted by atomic mass is 9.92. The van der Waals surface area contributed by atoms with Gasteiger partial charge in [0.05, 0.1) is 24.8 Å². The van der Waals surface area contributed by atoms with Gasteiger partial charge in [-0.15, -0.1) is 11.3 Å². The molecule has 2 aromatic rings. The van der Waals surface area contributed by atoms with Crippen molar-refractivity contribution in [2.24, 2.45) is 5.92 Å². The van der Waals surface area contributed by atoms with Crippen molar-refractivity contribution >= 4 is 28.3 Å². The van der Waals surface area contributed by atoms with E-state index >= 15 is 0 Å². The Balaban J connectivity index is 1.87. The molecule has 1 aliphatic rings. The fourth-order valence-corrected chi connectivity index (χ4v) is 4.13. The lowest BCUT2D eigenvalue weighted by molar-refractivity contribution is -0.129. The highest BCUT2D eigenvalue weighted by Crippen LogP contribution is 2.39. The van der Waals surface area contributed by atoms with Gasteiger partial charge in [0.1, 0.15) is 5.75 Å². The molecule has 1 aliphatic heterocycles. The molecular formula is C20H25N3O3S. The number of carbonyl (C=O) groups excluding carboxylic acids is 2. The summed E-state index contributed by atoms with van der Waals surface area (Å²) >= 11 is 1.40. The number of unbranched alkanes of at least 4 members (excludes halogenated alkanes) is 1. The van der Waals surface area contributed by atoms with Crippen LogP contribution in [0.2, 0.25) is 0 Å². The first kappa shape index (κ1) is 19.4. The van der Waals surface area contributed by atoms with Gasteiger partial charge in [-0.2, -0.15) is 0 Å². The number of aryl methyl sites for hydroxylation is 1. The van der Waals surface area contributed by atoms with Gasteiger partial charge in [-0.3, -0.25) is 9.59 Å². The lowest BCUT2D eigenvalue weighted by Gasteiger charge is -2.28. The molecular weight excluding hydrogens is 362 g/mol. The van der Waals surface area contributed by atoms with Crippen molar-refractivity contribution in [1.82, 2.24) is 9.88 Å². The number of thiazole rings is 1. The summed E-state index contributed by atoms with van der Waals surface area (Å²) in [5.41, 5.74) is 1.82. The fourth-order valence-electron chi connectivity index (χ4n) is 3.44. The molecule has 1 aromatic carbocycles. The van der Waals surface area contributed by atoms with Crippen molar-refractivity contribution in [3.63, 3.8) is 0 Å². The highest BCUT2D eigenvalue weighted by molar-refractivity contribution is 7.13. The number of nitrogens with one attached hydrogen (secondary N) is 1. The summed E-state index contributed by atoms with van der Waals surface area (Å²) < 4.78 is 5.23. The number of nitrogens with zero attached hydrogens (tertiary/aromatic N) is 2. The van der Waals surface area contributed by atoms with E-state index in [0.717, 1.165) is 29.8 Å². The topological polar surface area (TPSA) is 71.5 Å². The number of aromatic nitrogens is 1. The molecule has 2 atom stereocenters. The van der Waals surface area contributed by atoms with Gasteiger partial charge < -0.3 is 15.0 Å². The molecule has 1 aromatic heterocycles. The van der Waals surface area contributed by atoms with Crippen LogP contribution in [0.3, 0.4) is 0 Å². The highest BCUT2D eigenvalue weighted by Gasteiger charge is 2.44. The summed E-state index contributed by atoms with van der Waals surface area (Å²) in [5, 5.41) is 5.36. The molecule has 0 spiro atoms. The molecule has 7 heteroatoms. The predicted octanol–water partition coefficient (Wildman–Crippen LogP) is 3.79. The zero-order chi connectivity index (χ0) is 19.4. The van der Waals surface area contributed by atoms with E-state index in [1.54, 1.807) is 7.11 Å². The average Bonchev–Trinajstić information content (AvgIpc) is 3.22. The molecule has 6 nitrogen and oxygen atoms in total. The van der Waals surface area contributed by atoms with Crippen LogP contribution in [0.5, 0.6) is 5.75 Å². The normalized spacial score (nSPS) is 19.4. The Kier molecular flexibility index (Phi) is 6.11. The van der Waals surface area contributed by atoms with Gasteiger partial charge in [0.25, 0.3) is 0 Å². The number of anilines is 1. The zero-order valence-corrected chi connectivity index (χ0v) is 16.7. The van der Waals surface area contributed by atoms with E-state index in [4.69, 9.17) is 4.74 Å². The molecule has 0 aliphatic carbocycles. The van der Waals surface area contributed by atoms with Crippen LogP contribution in [0.15, 0.2) is 29.6 Å². The van der Waals surface area contributed by atoms with E-state index in [0.29, 0.717) is 11.7 Å². The molecule has 2 unspecified atom stereocenters. The summed E-state index contributed by atoms with van der Waals surface area (Å²) in [5.74, 6) is 0.187. The zero-order valence-electron chi connectivity index (χ0n) is 15.9. The van der Waals surface area contributed by atoms with Gasteiger partial charge in [-0.05, 0) is 31.0 Å². The summed E-state index contributed by atoms with van der Waals surface area (Å²) in [6.45, 7) is 4.64. The molecule has 1 fully saturated rings. The molecule has 1 saturated heterocycles. The van der Waals surface area contributed by atoms with Gasteiger partial charge in [0.2, 0.25) is 11.8 Å². The van der Waals surface area contributed by atoms with Gasteiger partial charge >= 0.3 is 0 Å². The third kappa shape index (κ3) is 4.30. The fraction of sp³-hybridized carbons (Fsp3) is 0.450. The number of amides is 2. The van der Waals surface area contributed by atoms with Crippen molar-refractivity contribution in [1.29, 1.82) is 0 Å². The van der Waals surface area contributed by atoms with Gasteiger partial charge in [0, 0.05) is 18.3 Å². The number of likely N-dealkylation sites (tertiary alicyclic amines) is 1. The first-order valence-corrected chi connectivity index (χ1v) is 10.1. The van der Waals surface area contributed by atoms with Crippen molar-refractivity contribution in [3.05, 3.63) is 40.9 Å². The maximum Gasteiger partial charge on any atom is 0.232 e. The van der Waals surface area contributed by atoms with Crippen LogP contribution in [-0.4, -0.2) is 35.4 Å². The summed E-state index contributed by atoms with van der Waals surface area (Å²) in [6.07, 6.45) is 2.13. The predicted molar refractivity (Wildman–Crippen MR) is 106 cm³/mol.